The molecule has 4 rings (SSSR count). The first-order valence-electron chi connectivity index (χ1n) is 9.51. The number of aromatic nitrogens is 2. The predicted molar refractivity (Wildman–Crippen MR) is 114 cm³/mol. The van der Waals surface area contributed by atoms with Gasteiger partial charge in [-0.1, -0.05) is 24.3 Å². The normalized spacial score (nSPS) is 15.9. The number of aromatic amines is 1. The molecule has 8 heteroatoms. The van der Waals surface area contributed by atoms with Gasteiger partial charge in [0.2, 0.25) is 15.9 Å². The number of rotatable bonds is 6. The molecule has 0 radical (unpaired) electrons. The Morgan fingerprint density at radius 2 is 1.97 bits per heavy atom. The lowest BCUT2D eigenvalue weighted by molar-refractivity contribution is -0.116. The highest BCUT2D eigenvalue weighted by Gasteiger charge is 2.28. The van der Waals surface area contributed by atoms with E-state index in [1.165, 1.54) is 10.4 Å². The van der Waals surface area contributed by atoms with Gasteiger partial charge in [0.15, 0.2) is 0 Å². The summed E-state index contributed by atoms with van der Waals surface area (Å²) in [6, 6.07) is 15.0. The maximum atomic E-state index is 12.0. The van der Waals surface area contributed by atoms with E-state index < -0.39 is 10.0 Å². The predicted octanol–water partition coefficient (Wildman–Crippen LogP) is 2.47. The number of para-hydroxylation sites is 2. The average molecular weight is 410 g/mol. The highest BCUT2D eigenvalue weighted by atomic mass is 32.2. The third-order valence-corrected chi connectivity index (χ3v) is 6.68. The van der Waals surface area contributed by atoms with E-state index in [0.29, 0.717) is 31.6 Å². The lowest BCUT2D eigenvalue weighted by Crippen LogP contribution is -2.24. The monoisotopic (exact) mass is 410 g/mol. The molecule has 2 aromatic carbocycles. The van der Waals surface area contributed by atoms with Crippen LogP contribution in [0, 0.1) is 0 Å². The molecule has 0 atom stereocenters. The van der Waals surface area contributed by atoms with Crippen LogP contribution in [0.2, 0.25) is 0 Å². The third-order valence-electron chi connectivity index (χ3n) is 4.81. The number of hydrogen-bond donors (Lipinski definition) is 2. The van der Waals surface area contributed by atoms with Crippen molar-refractivity contribution < 1.29 is 13.2 Å². The lowest BCUT2D eigenvalue weighted by Gasteiger charge is -2.16. The van der Waals surface area contributed by atoms with Crippen LogP contribution < -0.4 is 9.62 Å². The number of nitrogens with zero attached hydrogens (tertiary/aromatic N) is 2. The summed E-state index contributed by atoms with van der Waals surface area (Å²) in [4.78, 5) is 19.7. The summed E-state index contributed by atoms with van der Waals surface area (Å²) >= 11 is 0. The second kappa shape index (κ2) is 8.08. The summed E-state index contributed by atoms with van der Waals surface area (Å²) in [5, 5.41) is 2.84. The van der Waals surface area contributed by atoms with Gasteiger partial charge in [-0.25, -0.2) is 13.4 Å². The molecule has 0 saturated carbocycles. The van der Waals surface area contributed by atoms with Gasteiger partial charge in [0.1, 0.15) is 5.82 Å². The molecule has 7 nitrogen and oxygen atoms in total. The van der Waals surface area contributed by atoms with Gasteiger partial charge >= 0.3 is 0 Å². The fourth-order valence-electron chi connectivity index (χ4n) is 3.34. The van der Waals surface area contributed by atoms with Crippen LogP contribution in [0.4, 0.5) is 5.69 Å². The molecule has 0 spiro atoms. The number of amides is 1. The molecule has 2 heterocycles. The first-order valence-corrected chi connectivity index (χ1v) is 11.1. The van der Waals surface area contributed by atoms with Crippen LogP contribution in [-0.4, -0.2) is 43.1 Å². The van der Waals surface area contributed by atoms with E-state index in [1.54, 1.807) is 30.3 Å². The van der Waals surface area contributed by atoms with Gasteiger partial charge in [0.05, 0.1) is 22.5 Å². The quantitative estimate of drug-likeness (QED) is 0.611. The van der Waals surface area contributed by atoms with Crippen molar-refractivity contribution in [1.29, 1.82) is 0 Å². The van der Waals surface area contributed by atoms with Crippen LogP contribution in [0.5, 0.6) is 0 Å². The Bertz CT molecular complexity index is 1120. The maximum Gasteiger partial charge on any atom is 0.244 e. The Kier molecular flexibility index (Phi) is 5.35. The minimum atomic E-state index is -3.18. The van der Waals surface area contributed by atoms with Gasteiger partial charge in [0.25, 0.3) is 0 Å². The van der Waals surface area contributed by atoms with Crippen LogP contribution in [0.25, 0.3) is 17.1 Å². The van der Waals surface area contributed by atoms with Crippen LogP contribution in [-0.2, 0) is 21.2 Å². The molecular formula is C21H22N4O3S. The number of carbonyl (C=O) groups is 1. The van der Waals surface area contributed by atoms with E-state index in [1.807, 2.05) is 24.3 Å². The van der Waals surface area contributed by atoms with Crippen LogP contribution in [0.1, 0.15) is 17.8 Å². The van der Waals surface area contributed by atoms with E-state index >= 15 is 0 Å². The summed E-state index contributed by atoms with van der Waals surface area (Å²) in [7, 11) is -3.18. The van der Waals surface area contributed by atoms with Crippen molar-refractivity contribution in [1.82, 2.24) is 15.3 Å². The Balaban J connectivity index is 1.29. The zero-order valence-electron chi connectivity index (χ0n) is 15.8. The summed E-state index contributed by atoms with van der Waals surface area (Å²) in [6.45, 7) is 1.000. The number of carbonyl (C=O) groups excluding carboxylic acids is 1. The van der Waals surface area contributed by atoms with Crippen molar-refractivity contribution in [3.05, 3.63) is 66.0 Å². The van der Waals surface area contributed by atoms with Gasteiger partial charge in [0, 0.05) is 25.6 Å². The Labute approximate surface area is 169 Å². The van der Waals surface area contributed by atoms with Crippen molar-refractivity contribution in [2.75, 3.05) is 23.1 Å². The Hall–Kier alpha value is -3.13. The number of nitrogens with one attached hydrogen (secondary N) is 2. The fourth-order valence-corrected chi connectivity index (χ4v) is 4.90. The number of benzene rings is 2. The zero-order chi connectivity index (χ0) is 20.3. The van der Waals surface area contributed by atoms with Gasteiger partial charge in [-0.3, -0.25) is 9.10 Å². The highest BCUT2D eigenvalue weighted by molar-refractivity contribution is 7.93. The van der Waals surface area contributed by atoms with Crippen molar-refractivity contribution >= 4 is 38.7 Å². The number of imidazole rings is 1. The van der Waals surface area contributed by atoms with Crippen LogP contribution in [0.3, 0.4) is 0 Å². The van der Waals surface area contributed by atoms with Crippen molar-refractivity contribution in [2.45, 2.75) is 12.8 Å². The van der Waals surface area contributed by atoms with Crippen molar-refractivity contribution in [3.8, 4) is 0 Å². The minimum absolute atomic E-state index is 0.188. The van der Waals surface area contributed by atoms with E-state index in [2.05, 4.69) is 15.3 Å². The fraction of sp³-hybridized carbons (Fsp3) is 0.238. The SMILES string of the molecule is O=C(/C=C/c1ccc(N2CCCS2(=O)=O)cc1)NCCc1nc2ccccc2[nH]1. The van der Waals surface area contributed by atoms with E-state index in [4.69, 9.17) is 0 Å². The largest absolute Gasteiger partial charge is 0.352 e. The van der Waals surface area contributed by atoms with Gasteiger partial charge in [-0.2, -0.15) is 0 Å². The van der Waals surface area contributed by atoms with Gasteiger partial charge in [-0.15, -0.1) is 0 Å². The Morgan fingerprint density at radius 1 is 1.17 bits per heavy atom. The molecule has 29 heavy (non-hydrogen) atoms. The first kappa shape index (κ1) is 19.2. The van der Waals surface area contributed by atoms with E-state index in [0.717, 1.165) is 22.4 Å². The highest BCUT2D eigenvalue weighted by Crippen LogP contribution is 2.24. The number of fused-ring (bicyclic) bond motifs is 1. The molecule has 150 valence electrons. The molecule has 1 amide bonds. The average Bonchev–Trinajstić information content (AvgIpc) is 3.28. The summed E-state index contributed by atoms with van der Waals surface area (Å²) in [6.07, 6.45) is 4.45. The third kappa shape index (κ3) is 4.48. The molecule has 1 aliphatic rings. The topological polar surface area (TPSA) is 95.2 Å². The molecule has 1 saturated heterocycles. The van der Waals surface area contributed by atoms with E-state index in [9.17, 15) is 13.2 Å². The van der Waals surface area contributed by atoms with Gasteiger partial charge in [-0.05, 0) is 42.3 Å². The molecular weight excluding hydrogens is 388 g/mol. The molecule has 1 fully saturated rings. The number of anilines is 1. The standard InChI is InChI=1S/C21H22N4O3S/c26-21(22-13-12-20-23-18-4-1-2-5-19(18)24-20)11-8-16-6-9-17(10-7-16)25-14-3-15-29(25,27)28/h1-2,4-11H,3,12-15H2,(H,22,26)(H,23,24)/b11-8+. The molecule has 1 aliphatic heterocycles. The smallest absolute Gasteiger partial charge is 0.244 e. The maximum absolute atomic E-state index is 12.0. The zero-order valence-corrected chi connectivity index (χ0v) is 16.7. The van der Waals surface area contributed by atoms with Crippen molar-refractivity contribution in [2.24, 2.45) is 0 Å². The molecule has 1 aromatic heterocycles. The number of H-pyrrole nitrogens is 1. The van der Waals surface area contributed by atoms with Crippen LogP contribution in [0.15, 0.2) is 54.6 Å². The molecule has 0 unspecified atom stereocenters. The second-order valence-electron chi connectivity index (χ2n) is 6.91. The van der Waals surface area contributed by atoms with E-state index in [-0.39, 0.29) is 11.7 Å². The molecule has 0 bridgehead atoms. The Morgan fingerprint density at radius 3 is 2.69 bits per heavy atom. The molecule has 2 N–H and O–H groups in total. The lowest BCUT2D eigenvalue weighted by atomic mass is 10.2. The minimum Gasteiger partial charge on any atom is -0.352 e. The molecule has 0 aliphatic carbocycles. The summed E-state index contributed by atoms with van der Waals surface area (Å²) < 4.78 is 25.4. The van der Waals surface area contributed by atoms with Crippen LogP contribution >= 0.6 is 0 Å². The van der Waals surface area contributed by atoms with Crippen molar-refractivity contribution in [3.63, 3.8) is 0 Å². The van der Waals surface area contributed by atoms with Gasteiger partial charge < -0.3 is 10.3 Å². The number of sulfonamides is 1. The summed E-state index contributed by atoms with van der Waals surface area (Å²) in [5.41, 5.74) is 3.39. The summed E-state index contributed by atoms with van der Waals surface area (Å²) in [5.74, 6) is 0.846. The number of hydrogen-bond acceptors (Lipinski definition) is 4. The molecule has 3 aromatic rings. The second-order valence-corrected chi connectivity index (χ2v) is 8.92. The first-order chi connectivity index (χ1) is 14.0.